The Kier molecular flexibility index (Phi) is 7.39. The number of rotatable bonds is 9. The van der Waals surface area contributed by atoms with Crippen molar-refractivity contribution in [1.29, 1.82) is 0 Å². The van der Waals surface area contributed by atoms with Crippen LogP contribution in [0.25, 0.3) is 16.7 Å². The molecule has 5 rings (SSSR count). The summed E-state index contributed by atoms with van der Waals surface area (Å²) >= 11 is 0. The molecule has 0 radical (unpaired) electrons. The zero-order valence-corrected chi connectivity index (χ0v) is 23.4. The molecule has 0 spiro atoms. The molecular formula is C24H27N9O5S2. The van der Waals surface area contributed by atoms with Gasteiger partial charge in [-0.15, -0.1) is 3.71 Å². The molecule has 1 amide bonds. The number of carbonyl (C=O) groups excluding carboxylic acids is 1. The number of pyridine rings is 1. The van der Waals surface area contributed by atoms with Crippen LogP contribution in [-0.2, 0) is 24.8 Å². The Morgan fingerprint density at radius 2 is 1.57 bits per heavy atom. The van der Waals surface area contributed by atoms with Crippen molar-refractivity contribution >= 4 is 60.1 Å². The van der Waals surface area contributed by atoms with E-state index in [1.807, 2.05) is 12.1 Å². The Labute approximate surface area is 231 Å². The summed E-state index contributed by atoms with van der Waals surface area (Å²) in [7, 11) is -8.21. The number of anilines is 4. The van der Waals surface area contributed by atoms with Gasteiger partial charge in [-0.25, -0.2) is 31.5 Å². The standard InChI is InChI=1S/C24H27N9O5S2/c1-39(35,36)33(40(2,37)38)21-10-7-19(15-25-21)29-24-26-13-17-14-27-32(23(17)30-24)20-8-5-18(6-9-20)28-22(34)16-31-11-3-4-12-31/h5-10,13-15H,3-4,11-12,16H2,1-2H3,(H,28,34)(H,26,29,30). The van der Waals surface area contributed by atoms with Gasteiger partial charge in [-0.2, -0.15) is 10.1 Å². The number of sulfonamides is 2. The average Bonchev–Trinajstić information content (AvgIpc) is 3.54. The molecule has 210 valence electrons. The zero-order valence-electron chi connectivity index (χ0n) is 21.7. The number of hydrogen-bond donors (Lipinski definition) is 2. The van der Waals surface area contributed by atoms with E-state index in [9.17, 15) is 21.6 Å². The summed E-state index contributed by atoms with van der Waals surface area (Å²) in [5, 5.41) is 11.0. The molecule has 1 aromatic carbocycles. The van der Waals surface area contributed by atoms with Gasteiger partial charge >= 0.3 is 0 Å². The first kappa shape index (κ1) is 27.4. The Morgan fingerprint density at radius 1 is 0.900 bits per heavy atom. The van der Waals surface area contributed by atoms with Gasteiger partial charge in [0.1, 0.15) is 0 Å². The predicted molar refractivity (Wildman–Crippen MR) is 151 cm³/mol. The van der Waals surface area contributed by atoms with Crippen LogP contribution in [0.2, 0.25) is 0 Å². The van der Waals surface area contributed by atoms with Crippen molar-refractivity contribution in [3.63, 3.8) is 0 Å². The van der Waals surface area contributed by atoms with Gasteiger partial charge in [0.05, 0.1) is 48.2 Å². The van der Waals surface area contributed by atoms with Crippen LogP contribution in [0.1, 0.15) is 12.8 Å². The first-order valence-corrected chi connectivity index (χ1v) is 15.9. The SMILES string of the molecule is CS(=O)(=O)N(c1ccc(Nc2ncc3cnn(-c4ccc(NC(=O)CN5CCCC5)cc4)c3n2)cn1)S(C)(=O)=O. The summed E-state index contributed by atoms with van der Waals surface area (Å²) in [5.41, 5.74) is 2.34. The van der Waals surface area contributed by atoms with Gasteiger partial charge in [-0.1, -0.05) is 0 Å². The summed E-state index contributed by atoms with van der Waals surface area (Å²) < 4.78 is 49.8. The summed E-state index contributed by atoms with van der Waals surface area (Å²) in [5.74, 6) is -0.0936. The van der Waals surface area contributed by atoms with E-state index in [1.165, 1.54) is 18.3 Å². The molecular weight excluding hydrogens is 558 g/mol. The summed E-state index contributed by atoms with van der Waals surface area (Å²) in [6.07, 6.45) is 8.32. The molecule has 3 aromatic heterocycles. The fourth-order valence-corrected chi connectivity index (χ4v) is 7.24. The highest BCUT2D eigenvalue weighted by molar-refractivity contribution is 8.09. The number of carbonyl (C=O) groups is 1. The van der Waals surface area contributed by atoms with E-state index < -0.39 is 20.0 Å². The lowest BCUT2D eigenvalue weighted by molar-refractivity contribution is -0.117. The highest BCUT2D eigenvalue weighted by Gasteiger charge is 2.28. The van der Waals surface area contributed by atoms with Crippen molar-refractivity contribution in [3.8, 4) is 5.69 Å². The van der Waals surface area contributed by atoms with Crippen molar-refractivity contribution in [3.05, 3.63) is 55.0 Å². The average molecular weight is 586 g/mol. The number of nitrogens with one attached hydrogen (secondary N) is 2. The van der Waals surface area contributed by atoms with Crippen LogP contribution in [0.15, 0.2) is 55.0 Å². The topological polar surface area (TPSA) is 172 Å². The normalized spacial score (nSPS) is 14.3. The fraction of sp³-hybridized carbons (Fsp3) is 0.292. The van der Waals surface area contributed by atoms with Crippen molar-refractivity contribution in [2.24, 2.45) is 0 Å². The summed E-state index contributed by atoms with van der Waals surface area (Å²) in [6.45, 7) is 2.28. The lowest BCUT2D eigenvalue weighted by Crippen LogP contribution is -2.35. The molecule has 4 heterocycles. The number of amides is 1. The number of aromatic nitrogens is 5. The first-order valence-electron chi connectivity index (χ1n) is 12.2. The Hall–Kier alpha value is -4.15. The number of likely N-dealkylation sites (tertiary alicyclic amines) is 1. The number of hydrogen-bond acceptors (Lipinski definition) is 11. The van der Waals surface area contributed by atoms with E-state index in [0.29, 0.717) is 29.0 Å². The quantitative estimate of drug-likeness (QED) is 0.293. The molecule has 1 aliphatic heterocycles. The Morgan fingerprint density at radius 3 is 2.20 bits per heavy atom. The number of benzene rings is 1. The van der Waals surface area contributed by atoms with Crippen LogP contribution >= 0.6 is 0 Å². The van der Waals surface area contributed by atoms with E-state index in [-0.39, 0.29) is 21.4 Å². The van der Waals surface area contributed by atoms with Crippen LogP contribution in [0.4, 0.5) is 23.1 Å². The van der Waals surface area contributed by atoms with E-state index in [4.69, 9.17) is 0 Å². The monoisotopic (exact) mass is 585 g/mol. The summed E-state index contributed by atoms with van der Waals surface area (Å²) in [6, 6.07) is 9.98. The third-order valence-electron chi connectivity index (χ3n) is 6.06. The highest BCUT2D eigenvalue weighted by Crippen LogP contribution is 2.23. The minimum atomic E-state index is -4.10. The van der Waals surface area contributed by atoms with Gasteiger partial charge < -0.3 is 10.6 Å². The van der Waals surface area contributed by atoms with Crippen molar-refractivity contribution in [2.45, 2.75) is 12.8 Å². The van der Waals surface area contributed by atoms with E-state index in [2.05, 4.69) is 35.6 Å². The maximum Gasteiger partial charge on any atom is 0.246 e. The van der Waals surface area contributed by atoms with Crippen molar-refractivity contribution in [2.75, 3.05) is 46.5 Å². The largest absolute Gasteiger partial charge is 0.325 e. The van der Waals surface area contributed by atoms with E-state index in [0.717, 1.165) is 44.1 Å². The minimum absolute atomic E-state index is 0.0505. The molecule has 1 saturated heterocycles. The van der Waals surface area contributed by atoms with Crippen LogP contribution in [0, 0.1) is 0 Å². The molecule has 16 heteroatoms. The Bertz CT molecular complexity index is 1720. The molecule has 2 N–H and O–H groups in total. The molecule has 0 aliphatic carbocycles. The molecule has 0 atom stereocenters. The van der Waals surface area contributed by atoms with Crippen LogP contribution in [0.3, 0.4) is 0 Å². The maximum atomic E-state index is 12.3. The fourth-order valence-electron chi connectivity index (χ4n) is 4.38. The molecule has 0 unspecified atom stereocenters. The second-order valence-corrected chi connectivity index (χ2v) is 13.3. The van der Waals surface area contributed by atoms with Gasteiger partial charge in [-0.3, -0.25) is 9.69 Å². The van der Waals surface area contributed by atoms with Crippen LogP contribution < -0.4 is 14.3 Å². The number of fused-ring (bicyclic) bond motifs is 1. The van der Waals surface area contributed by atoms with Gasteiger partial charge in [0.2, 0.25) is 31.9 Å². The van der Waals surface area contributed by atoms with Gasteiger partial charge in [-0.05, 0) is 62.3 Å². The smallest absolute Gasteiger partial charge is 0.246 e. The second-order valence-electron chi connectivity index (χ2n) is 9.36. The van der Waals surface area contributed by atoms with Gasteiger partial charge in [0.25, 0.3) is 0 Å². The zero-order chi connectivity index (χ0) is 28.5. The van der Waals surface area contributed by atoms with Crippen molar-refractivity contribution < 1.29 is 21.6 Å². The second kappa shape index (κ2) is 10.8. The predicted octanol–water partition coefficient (Wildman–Crippen LogP) is 1.71. The maximum absolute atomic E-state index is 12.3. The lowest BCUT2D eigenvalue weighted by atomic mass is 10.2. The van der Waals surface area contributed by atoms with Crippen LogP contribution in [0.5, 0.6) is 0 Å². The molecule has 0 bridgehead atoms. The molecule has 0 saturated carbocycles. The molecule has 1 fully saturated rings. The van der Waals surface area contributed by atoms with Crippen LogP contribution in [-0.4, -0.2) is 84.5 Å². The molecule has 1 aliphatic rings. The minimum Gasteiger partial charge on any atom is -0.325 e. The molecule has 40 heavy (non-hydrogen) atoms. The lowest BCUT2D eigenvalue weighted by Gasteiger charge is -2.18. The van der Waals surface area contributed by atoms with Gasteiger partial charge in [0.15, 0.2) is 11.5 Å². The number of nitrogens with zero attached hydrogens (tertiary/aromatic N) is 7. The molecule has 14 nitrogen and oxygen atoms in total. The van der Waals surface area contributed by atoms with E-state index >= 15 is 0 Å². The third kappa shape index (κ3) is 6.19. The third-order valence-corrected chi connectivity index (χ3v) is 9.27. The van der Waals surface area contributed by atoms with E-state index in [1.54, 1.807) is 29.2 Å². The van der Waals surface area contributed by atoms with Crippen molar-refractivity contribution in [1.82, 2.24) is 29.6 Å². The Balaban J connectivity index is 1.31. The van der Waals surface area contributed by atoms with Gasteiger partial charge in [0, 0.05) is 11.9 Å². The summed E-state index contributed by atoms with van der Waals surface area (Å²) in [4.78, 5) is 27.3. The highest BCUT2D eigenvalue weighted by atomic mass is 32.3. The first-order chi connectivity index (χ1) is 19.0. The molecule has 4 aromatic rings.